The fraction of sp³-hybridized carbons (Fsp3) is 0.444. The molecule has 1 amide bonds. The lowest BCUT2D eigenvalue weighted by atomic mass is 9.98. The molecule has 2 aromatic carbocycles. The number of anilines is 1. The van der Waals surface area contributed by atoms with Crippen molar-refractivity contribution >= 4 is 44.6 Å². The highest BCUT2D eigenvalue weighted by atomic mass is 35.5. The summed E-state index contributed by atoms with van der Waals surface area (Å²) >= 11 is 7.71. The highest BCUT2D eigenvalue weighted by Crippen LogP contribution is 2.37. The molecule has 0 spiro atoms. The lowest BCUT2D eigenvalue weighted by Gasteiger charge is -2.36. The third-order valence-electron chi connectivity index (χ3n) is 7.47. The largest absolute Gasteiger partial charge is 0.486 e. The summed E-state index contributed by atoms with van der Waals surface area (Å²) in [6.07, 6.45) is 0.728. The Hall–Kier alpha value is -2.59. The van der Waals surface area contributed by atoms with E-state index in [1.54, 1.807) is 17.4 Å². The van der Waals surface area contributed by atoms with Gasteiger partial charge in [0.15, 0.2) is 17.3 Å². The number of rotatable bonds is 7. The van der Waals surface area contributed by atoms with Crippen LogP contribution in [0.5, 0.6) is 11.5 Å². The van der Waals surface area contributed by atoms with Crippen molar-refractivity contribution < 1.29 is 23.8 Å². The number of ether oxygens (including phenoxy) is 2. The Morgan fingerprint density at radius 2 is 2.03 bits per heavy atom. The van der Waals surface area contributed by atoms with Crippen LogP contribution in [0.25, 0.3) is 10.1 Å². The molecule has 4 heterocycles. The van der Waals surface area contributed by atoms with Crippen molar-refractivity contribution in [1.82, 2.24) is 10.2 Å². The maximum absolute atomic E-state index is 14.7. The van der Waals surface area contributed by atoms with E-state index in [1.165, 1.54) is 6.07 Å². The first-order valence-electron chi connectivity index (χ1n) is 12.7. The normalized spacial score (nSPS) is 21.1. The van der Waals surface area contributed by atoms with Gasteiger partial charge >= 0.3 is 0 Å². The number of aliphatic hydroxyl groups is 1. The summed E-state index contributed by atoms with van der Waals surface area (Å²) in [5.74, 6) is -0.518. The number of thiophene rings is 1. The summed E-state index contributed by atoms with van der Waals surface area (Å²) < 4.78 is 27.5. The molecule has 10 heteroatoms. The van der Waals surface area contributed by atoms with E-state index in [0.29, 0.717) is 25.3 Å². The molecule has 196 valence electrons. The fourth-order valence-electron chi connectivity index (χ4n) is 5.29. The highest BCUT2D eigenvalue weighted by molar-refractivity contribution is 7.22. The molecule has 2 saturated heterocycles. The molecule has 0 saturated carbocycles. The molecule has 2 N–H and O–H groups in total. The van der Waals surface area contributed by atoms with Crippen LogP contribution in [-0.4, -0.2) is 67.9 Å². The zero-order valence-corrected chi connectivity index (χ0v) is 21.9. The van der Waals surface area contributed by atoms with E-state index in [1.807, 2.05) is 6.07 Å². The number of benzene rings is 2. The molecule has 0 bridgehead atoms. The van der Waals surface area contributed by atoms with E-state index in [-0.39, 0.29) is 29.9 Å². The minimum Gasteiger partial charge on any atom is -0.486 e. The second-order valence-electron chi connectivity index (χ2n) is 9.95. The lowest BCUT2D eigenvalue weighted by molar-refractivity contribution is -0.126. The molecule has 6 rings (SSSR count). The van der Waals surface area contributed by atoms with Gasteiger partial charge in [0.1, 0.15) is 19.3 Å². The topological polar surface area (TPSA) is 74.3 Å². The summed E-state index contributed by atoms with van der Waals surface area (Å²) in [7, 11) is 0. The molecule has 3 aromatic rings. The van der Waals surface area contributed by atoms with Crippen molar-refractivity contribution in [3.05, 3.63) is 52.1 Å². The van der Waals surface area contributed by atoms with E-state index in [9.17, 15) is 14.3 Å². The van der Waals surface area contributed by atoms with Crippen LogP contribution < -0.4 is 19.7 Å². The molecule has 3 aliphatic rings. The lowest BCUT2D eigenvalue weighted by Crippen LogP contribution is -2.52. The number of nitrogens with zero attached hydrogens (tertiary/aromatic N) is 2. The summed E-state index contributed by atoms with van der Waals surface area (Å²) in [5, 5.41) is 15.5. The predicted octanol–water partition coefficient (Wildman–Crippen LogP) is 4.22. The number of fused-ring (bicyclic) bond motifs is 2. The highest BCUT2D eigenvalue weighted by Gasteiger charge is 2.34. The van der Waals surface area contributed by atoms with E-state index in [0.717, 1.165) is 52.6 Å². The second-order valence-corrected chi connectivity index (χ2v) is 11.7. The van der Waals surface area contributed by atoms with Gasteiger partial charge in [0.25, 0.3) is 0 Å². The Kier molecular flexibility index (Phi) is 6.88. The predicted molar refractivity (Wildman–Crippen MR) is 142 cm³/mol. The summed E-state index contributed by atoms with van der Waals surface area (Å²) in [5.41, 5.74) is 1.44. The minimum absolute atomic E-state index is 0.0691. The van der Waals surface area contributed by atoms with Gasteiger partial charge in [-0.25, -0.2) is 4.39 Å². The maximum Gasteiger partial charge on any atom is 0.225 e. The van der Waals surface area contributed by atoms with Crippen LogP contribution >= 0.6 is 22.9 Å². The average Bonchev–Trinajstić information content (AvgIpc) is 3.50. The van der Waals surface area contributed by atoms with Crippen molar-refractivity contribution in [2.24, 2.45) is 5.92 Å². The van der Waals surface area contributed by atoms with Crippen molar-refractivity contribution in [2.75, 3.05) is 50.8 Å². The number of aliphatic hydroxyl groups excluding tert-OH is 1. The molecule has 0 aliphatic carbocycles. The molecule has 1 aromatic heterocycles. The van der Waals surface area contributed by atoms with Gasteiger partial charge in [0, 0.05) is 30.0 Å². The molecular weight excluding hydrogens is 517 g/mol. The van der Waals surface area contributed by atoms with E-state index in [4.69, 9.17) is 21.1 Å². The molecule has 2 fully saturated rings. The average molecular weight is 546 g/mol. The van der Waals surface area contributed by atoms with Crippen LogP contribution in [0.3, 0.4) is 0 Å². The zero-order valence-electron chi connectivity index (χ0n) is 20.3. The second kappa shape index (κ2) is 10.3. The smallest absolute Gasteiger partial charge is 0.225 e. The monoisotopic (exact) mass is 545 g/mol. The van der Waals surface area contributed by atoms with Crippen molar-refractivity contribution in [3.63, 3.8) is 0 Å². The first-order chi connectivity index (χ1) is 17.9. The number of carbonyl (C=O) groups is 1. The van der Waals surface area contributed by atoms with Crippen LogP contribution in [0.2, 0.25) is 4.34 Å². The van der Waals surface area contributed by atoms with Gasteiger partial charge < -0.3 is 29.7 Å². The first-order valence-corrected chi connectivity index (χ1v) is 13.9. The van der Waals surface area contributed by atoms with Gasteiger partial charge in [-0.1, -0.05) is 17.7 Å². The number of halogens is 2. The SMILES string of the molecule is O=C(NC(CN1CCC1)C(O)c1cc(F)c2c(c1)OCCO2)[C@@H]1CCN(c2ccc3cc(Cl)sc3c2)C1. The Bertz CT molecular complexity index is 1320. The van der Waals surface area contributed by atoms with Crippen molar-refractivity contribution in [3.8, 4) is 11.5 Å². The zero-order chi connectivity index (χ0) is 25.5. The van der Waals surface area contributed by atoms with E-state index in [2.05, 4.69) is 33.3 Å². The quantitative estimate of drug-likeness (QED) is 0.463. The Morgan fingerprint density at radius 3 is 2.84 bits per heavy atom. The number of likely N-dealkylation sites (tertiary alicyclic amines) is 1. The summed E-state index contributed by atoms with van der Waals surface area (Å²) in [4.78, 5) is 17.8. The number of hydrogen-bond acceptors (Lipinski definition) is 7. The summed E-state index contributed by atoms with van der Waals surface area (Å²) in [6, 6.07) is 10.5. The molecule has 2 unspecified atom stereocenters. The Labute approximate surface area is 223 Å². The summed E-state index contributed by atoms with van der Waals surface area (Å²) in [6.45, 7) is 4.31. The molecule has 37 heavy (non-hydrogen) atoms. The number of nitrogens with one attached hydrogen (secondary N) is 1. The molecule has 7 nitrogen and oxygen atoms in total. The van der Waals surface area contributed by atoms with Crippen LogP contribution in [0.4, 0.5) is 10.1 Å². The van der Waals surface area contributed by atoms with Crippen LogP contribution in [0.1, 0.15) is 24.5 Å². The molecule has 3 atom stereocenters. The molecular formula is C27H29ClFN3O4S. The Balaban J connectivity index is 1.16. The molecule has 3 aliphatic heterocycles. The third-order valence-corrected chi connectivity index (χ3v) is 8.70. The molecule has 0 radical (unpaired) electrons. The van der Waals surface area contributed by atoms with Gasteiger partial charge in [0.2, 0.25) is 5.91 Å². The standard InChI is InChI=1S/C27H29ClFN3O4S/c28-24-12-16-2-3-19(13-23(16)37-24)32-7-4-17(14-32)27(34)30-21(15-31-5-1-6-31)25(33)18-10-20(29)26-22(11-18)35-8-9-36-26/h2-3,10-13,17,21,25,33H,1,4-9,14-15H2,(H,30,34)/t17-,21?,25?/m1/s1. The van der Waals surface area contributed by atoms with Crippen LogP contribution in [0, 0.1) is 11.7 Å². The van der Waals surface area contributed by atoms with Gasteiger partial charge in [-0.15, -0.1) is 11.3 Å². The van der Waals surface area contributed by atoms with Gasteiger partial charge in [0.05, 0.1) is 16.3 Å². The van der Waals surface area contributed by atoms with Gasteiger partial charge in [-0.05, 0) is 67.2 Å². The first kappa shape index (κ1) is 24.7. The van der Waals surface area contributed by atoms with Crippen molar-refractivity contribution in [2.45, 2.75) is 25.0 Å². The third kappa shape index (κ3) is 5.10. The van der Waals surface area contributed by atoms with Crippen LogP contribution in [0.15, 0.2) is 36.4 Å². The number of carbonyl (C=O) groups excluding carboxylic acids is 1. The Morgan fingerprint density at radius 1 is 1.19 bits per heavy atom. The van der Waals surface area contributed by atoms with Crippen molar-refractivity contribution in [1.29, 1.82) is 0 Å². The van der Waals surface area contributed by atoms with Gasteiger partial charge in [-0.3, -0.25) is 4.79 Å². The maximum atomic E-state index is 14.7. The fourth-order valence-corrected chi connectivity index (χ4v) is 6.48. The number of hydrogen-bond donors (Lipinski definition) is 2. The van der Waals surface area contributed by atoms with Gasteiger partial charge in [-0.2, -0.15) is 0 Å². The van der Waals surface area contributed by atoms with Crippen LogP contribution in [-0.2, 0) is 4.79 Å². The van der Waals surface area contributed by atoms with E-state index >= 15 is 0 Å². The minimum atomic E-state index is -1.08. The number of amides is 1. The van der Waals surface area contributed by atoms with E-state index < -0.39 is 18.0 Å².